The van der Waals surface area contributed by atoms with Crippen LogP contribution in [0.1, 0.15) is 23.0 Å². The minimum Gasteiger partial charge on any atom is -0.618 e. The van der Waals surface area contributed by atoms with Crippen LogP contribution in [0.5, 0.6) is 0 Å². The summed E-state index contributed by atoms with van der Waals surface area (Å²) in [6.07, 6.45) is 0.914. The number of carbonyl (C=O) groups excluding carboxylic acids is 1. The normalized spacial score (nSPS) is 9.88. The summed E-state index contributed by atoms with van der Waals surface area (Å²) in [6.45, 7) is 3.01. The smallest absolute Gasteiger partial charge is 0.405 e. The highest BCUT2D eigenvalue weighted by Gasteiger charge is 2.27. The monoisotopic (exact) mass is 226 g/mol. The Kier molecular flexibility index (Phi) is 3.39. The van der Waals surface area contributed by atoms with Gasteiger partial charge in [0.15, 0.2) is 6.20 Å². The molecule has 0 fully saturated rings. The van der Waals surface area contributed by atoms with Crippen molar-refractivity contribution in [3.8, 4) is 0 Å². The van der Waals surface area contributed by atoms with Gasteiger partial charge in [0.1, 0.15) is 5.56 Å². The minimum absolute atomic E-state index is 0.000880. The van der Waals surface area contributed by atoms with Gasteiger partial charge in [-0.1, -0.05) is 0 Å². The Balaban J connectivity index is 3.31. The van der Waals surface area contributed by atoms with E-state index in [1.807, 2.05) is 0 Å². The molecule has 0 aliphatic heterocycles. The van der Waals surface area contributed by atoms with E-state index in [9.17, 15) is 20.1 Å². The van der Waals surface area contributed by atoms with Gasteiger partial charge in [0, 0.05) is 0 Å². The van der Waals surface area contributed by atoms with Crippen LogP contribution in [0.15, 0.2) is 12.3 Å². The predicted molar refractivity (Wildman–Crippen MR) is 52.7 cm³/mol. The Bertz CT molecular complexity index is 444. The molecule has 7 nitrogen and oxygen atoms in total. The molecule has 0 radical (unpaired) electrons. The predicted octanol–water partition coefficient (Wildman–Crippen LogP) is 0.713. The fourth-order valence-electron chi connectivity index (χ4n) is 1.26. The van der Waals surface area contributed by atoms with Crippen LogP contribution in [0.2, 0.25) is 0 Å². The summed E-state index contributed by atoms with van der Waals surface area (Å²) in [4.78, 5) is 21.3. The molecule has 0 unspecified atom stereocenters. The van der Waals surface area contributed by atoms with E-state index in [2.05, 4.69) is 4.74 Å². The Labute approximate surface area is 91.0 Å². The Hall–Kier alpha value is -2.18. The van der Waals surface area contributed by atoms with Crippen molar-refractivity contribution < 1.29 is 19.2 Å². The van der Waals surface area contributed by atoms with Crippen LogP contribution in [0.25, 0.3) is 0 Å². The maximum absolute atomic E-state index is 11.4. The zero-order valence-electron chi connectivity index (χ0n) is 8.80. The van der Waals surface area contributed by atoms with Gasteiger partial charge >= 0.3 is 11.7 Å². The number of hydrogen-bond acceptors (Lipinski definition) is 5. The molecular formula is C9H10N2O5. The Morgan fingerprint density at radius 3 is 2.75 bits per heavy atom. The topological polar surface area (TPSA) is 96.4 Å². The van der Waals surface area contributed by atoms with Crippen LogP contribution < -0.4 is 4.73 Å². The lowest BCUT2D eigenvalue weighted by atomic mass is 10.2. The lowest BCUT2D eigenvalue weighted by molar-refractivity contribution is -0.609. The third kappa shape index (κ3) is 2.08. The molecule has 1 heterocycles. The molecule has 0 saturated carbocycles. The second-order valence-electron chi connectivity index (χ2n) is 2.98. The molecule has 7 heteroatoms. The molecule has 0 aromatic carbocycles. The third-order valence-electron chi connectivity index (χ3n) is 1.99. The first-order valence-corrected chi connectivity index (χ1v) is 4.53. The van der Waals surface area contributed by atoms with Gasteiger partial charge in [-0.05, 0) is 13.8 Å². The van der Waals surface area contributed by atoms with Crippen LogP contribution in [0.4, 0.5) is 5.69 Å². The van der Waals surface area contributed by atoms with E-state index >= 15 is 0 Å². The van der Waals surface area contributed by atoms with Crippen molar-refractivity contribution in [2.24, 2.45) is 0 Å². The first kappa shape index (κ1) is 11.9. The number of carbonyl (C=O) groups is 1. The zero-order valence-corrected chi connectivity index (χ0v) is 8.80. The van der Waals surface area contributed by atoms with Crippen molar-refractivity contribution in [2.45, 2.75) is 13.8 Å². The Morgan fingerprint density at radius 1 is 1.62 bits per heavy atom. The van der Waals surface area contributed by atoms with Crippen molar-refractivity contribution in [1.82, 2.24) is 0 Å². The van der Waals surface area contributed by atoms with E-state index in [0.717, 1.165) is 12.3 Å². The summed E-state index contributed by atoms with van der Waals surface area (Å²) in [5.41, 5.74) is -0.632. The van der Waals surface area contributed by atoms with Gasteiger partial charge in [0.05, 0.1) is 17.6 Å². The molecule has 1 aromatic rings. The van der Waals surface area contributed by atoms with E-state index < -0.39 is 10.9 Å². The van der Waals surface area contributed by atoms with Gasteiger partial charge in [0.2, 0.25) is 0 Å². The second-order valence-corrected chi connectivity index (χ2v) is 2.98. The van der Waals surface area contributed by atoms with Crippen molar-refractivity contribution in [3.05, 3.63) is 38.8 Å². The van der Waals surface area contributed by atoms with E-state index in [1.54, 1.807) is 6.92 Å². The van der Waals surface area contributed by atoms with Crippen LogP contribution in [0.3, 0.4) is 0 Å². The number of hydrogen-bond donors (Lipinski definition) is 0. The maximum Gasteiger partial charge on any atom is 0.405 e. The first-order valence-electron chi connectivity index (χ1n) is 4.53. The summed E-state index contributed by atoms with van der Waals surface area (Å²) in [5.74, 6) is -0.862. The molecule has 0 aliphatic carbocycles. The molecule has 1 aromatic heterocycles. The summed E-state index contributed by atoms with van der Waals surface area (Å²) in [7, 11) is 0. The van der Waals surface area contributed by atoms with Gasteiger partial charge in [-0.2, -0.15) is 4.73 Å². The third-order valence-corrected chi connectivity index (χ3v) is 1.99. The average Bonchev–Trinajstić information content (AvgIpc) is 2.17. The fourth-order valence-corrected chi connectivity index (χ4v) is 1.26. The van der Waals surface area contributed by atoms with E-state index in [1.165, 1.54) is 6.92 Å². The van der Waals surface area contributed by atoms with Crippen molar-refractivity contribution in [2.75, 3.05) is 6.61 Å². The number of esters is 1. The SMILES string of the molecule is CCOC(=O)c1c(C)c([N+](=O)[O-])cc[n+]1[O-]. The summed E-state index contributed by atoms with van der Waals surface area (Å²) in [5, 5.41) is 21.9. The largest absolute Gasteiger partial charge is 0.618 e. The van der Waals surface area contributed by atoms with Gasteiger partial charge < -0.3 is 9.94 Å². The highest BCUT2D eigenvalue weighted by atomic mass is 16.6. The molecule has 0 amide bonds. The van der Waals surface area contributed by atoms with E-state index in [-0.39, 0.29) is 28.3 Å². The molecule has 0 atom stereocenters. The Morgan fingerprint density at radius 2 is 2.25 bits per heavy atom. The minimum atomic E-state index is -0.862. The van der Waals surface area contributed by atoms with Crippen LogP contribution >= 0.6 is 0 Å². The quantitative estimate of drug-likeness (QED) is 0.248. The van der Waals surface area contributed by atoms with Crippen LogP contribution in [0, 0.1) is 22.2 Å². The van der Waals surface area contributed by atoms with Gasteiger partial charge in [-0.3, -0.25) is 10.1 Å². The summed E-state index contributed by atoms with van der Waals surface area (Å²) in [6, 6.07) is 1.05. The fraction of sp³-hybridized carbons (Fsp3) is 0.333. The lowest BCUT2D eigenvalue weighted by Crippen LogP contribution is -2.36. The first-order chi connectivity index (χ1) is 7.49. The van der Waals surface area contributed by atoms with Crippen LogP contribution in [-0.2, 0) is 4.74 Å². The van der Waals surface area contributed by atoms with Gasteiger partial charge in [0.25, 0.3) is 5.69 Å². The number of aromatic nitrogens is 1. The second kappa shape index (κ2) is 4.56. The van der Waals surface area contributed by atoms with Crippen molar-refractivity contribution in [1.29, 1.82) is 0 Å². The van der Waals surface area contributed by atoms with Crippen LogP contribution in [-0.4, -0.2) is 17.5 Å². The standard InChI is InChI=1S/C9H10N2O5/c1-3-16-9(12)8-6(2)7(11(14)15)4-5-10(8)13/h4-5H,3H2,1-2H3. The summed E-state index contributed by atoms with van der Waals surface area (Å²) < 4.78 is 4.91. The number of ether oxygens (including phenoxy) is 1. The molecular weight excluding hydrogens is 216 g/mol. The number of pyridine rings is 1. The molecule has 1 rings (SSSR count). The molecule has 0 saturated heterocycles. The number of rotatable bonds is 3. The molecule has 0 aliphatic rings. The highest BCUT2D eigenvalue weighted by molar-refractivity contribution is 5.88. The average molecular weight is 226 g/mol. The molecule has 16 heavy (non-hydrogen) atoms. The van der Waals surface area contributed by atoms with Gasteiger partial charge in [-0.25, -0.2) is 4.79 Å². The van der Waals surface area contributed by atoms with E-state index in [0.29, 0.717) is 0 Å². The molecule has 0 spiro atoms. The molecule has 86 valence electrons. The number of nitro groups is 1. The lowest BCUT2D eigenvalue weighted by Gasteiger charge is -2.06. The van der Waals surface area contributed by atoms with Crippen molar-refractivity contribution >= 4 is 11.7 Å². The molecule has 0 N–H and O–H groups in total. The molecule has 0 bridgehead atoms. The van der Waals surface area contributed by atoms with E-state index in [4.69, 9.17) is 0 Å². The highest BCUT2D eigenvalue weighted by Crippen LogP contribution is 2.18. The maximum atomic E-state index is 11.4. The number of nitrogens with zero attached hydrogens (tertiary/aromatic N) is 2. The summed E-state index contributed by atoms with van der Waals surface area (Å²) >= 11 is 0. The van der Waals surface area contributed by atoms with Gasteiger partial charge in [-0.15, -0.1) is 0 Å². The van der Waals surface area contributed by atoms with Crippen molar-refractivity contribution in [3.63, 3.8) is 0 Å². The zero-order chi connectivity index (χ0) is 12.3.